The largest absolute Gasteiger partial charge is 0.497 e. The van der Waals surface area contributed by atoms with Gasteiger partial charge in [0.25, 0.3) is 0 Å². The molecule has 2 aromatic carbocycles. The molecule has 6 heteroatoms. The van der Waals surface area contributed by atoms with Crippen LogP contribution in [0.1, 0.15) is 29.4 Å². The molecular formula is C24H27N3O3. The van der Waals surface area contributed by atoms with E-state index in [0.29, 0.717) is 6.61 Å². The number of aryl methyl sites for hydroxylation is 1. The topological polar surface area (TPSA) is 64.8 Å². The van der Waals surface area contributed by atoms with Crippen molar-refractivity contribution in [3.8, 4) is 17.2 Å². The Balaban J connectivity index is 1.63. The second-order valence-corrected chi connectivity index (χ2v) is 6.91. The van der Waals surface area contributed by atoms with Crippen LogP contribution >= 0.6 is 0 Å². The molecule has 1 amide bonds. The Morgan fingerprint density at radius 2 is 1.73 bits per heavy atom. The van der Waals surface area contributed by atoms with Crippen molar-refractivity contribution in [1.82, 2.24) is 9.99 Å². The fourth-order valence-corrected chi connectivity index (χ4v) is 3.32. The minimum absolute atomic E-state index is 0.167. The van der Waals surface area contributed by atoms with E-state index < -0.39 is 0 Å². The summed E-state index contributed by atoms with van der Waals surface area (Å²) < 4.78 is 12.8. The molecule has 1 N–H and O–H groups in total. The van der Waals surface area contributed by atoms with Crippen LogP contribution in [0.5, 0.6) is 11.5 Å². The van der Waals surface area contributed by atoms with Crippen molar-refractivity contribution in [2.24, 2.45) is 5.10 Å². The number of hydrogen-bond donors (Lipinski definition) is 1. The van der Waals surface area contributed by atoms with E-state index in [-0.39, 0.29) is 12.3 Å². The third kappa shape index (κ3) is 5.08. The van der Waals surface area contributed by atoms with Crippen molar-refractivity contribution in [3.05, 3.63) is 77.1 Å². The van der Waals surface area contributed by atoms with Crippen molar-refractivity contribution in [1.29, 1.82) is 0 Å². The molecular weight excluding hydrogens is 378 g/mol. The summed E-state index contributed by atoms with van der Waals surface area (Å²) in [5.74, 6) is 1.45. The van der Waals surface area contributed by atoms with Crippen molar-refractivity contribution >= 4 is 12.1 Å². The molecule has 30 heavy (non-hydrogen) atoms. The van der Waals surface area contributed by atoms with Gasteiger partial charge >= 0.3 is 0 Å². The van der Waals surface area contributed by atoms with Crippen LogP contribution in [0.4, 0.5) is 0 Å². The summed E-state index contributed by atoms with van der Waals surface area (Å²) >= 11 is 0. The van der Waals surface area contributed by atoms with Gasteiger partial charge in [0.15, 0.2) is 0 Å². The van der Waals surface area contributed by atoms with Gasteiger partial charge in [0, 0.05) is 22.6 Å². The minimum Gasteiger partial charge on any atom is -0.497 e. The van der Waals surface area contributed by atoms with Crippen LogP contribution in [0, 0.1) is 13.8 Å². The van der Waals surface area contributed by atoms with Gasteiger partial charge in [0.1, 0.15) is 11.5 Å². The first-order chi connectivity index (χ1) is 14.5. The first kappa shape index (κ1) is 21.2. The summed E-state index contributed by atoms with van der Waals surface area (Å²) in [6.07, 6.45) is 1.94. The Morgan fingerprint density at radius 3 is 2.37 bits per heavy atom. The average Bonchev–Trinajstić information content (AvgIpc) is 3.03. The zero-order valence-corrected chi connectivity index (χ0v) is 17.8. The number of aromatic nitrogens is 1. The molecule has 0 atom stereocenters. The van der Waals surface area contributed by atoms with Gasteiger partial charge in [0.05, 0.1) is 26.4 Å². The molecule has 0 saturated carbocycles. The maximum absolute atomic E-state index is 12.2. The van der Waals surface area contributed by atoms with Crippen molar-refractivity contribution in [2.45, 2.75) is 27.2 Å². The van der Waals surface area contributed by atoms with E-state index in [9.17, 15) is 4.79 Å². The molecule has 0 fully saturated rings. The first-order valence-corrected chi connectivity index (χ1v) is 9.88. The molecule has 156 valence electrons. The third-order valence-corrected chi connectivity index (χ3v) is 4.79. The maximum Gasteiger partial charge on any atom is 0.244 e. The van der Waals surface area contributed by atoms with Crippen LogP contribution in [-0.2, 0) is 11.2 Å². The summed E-state index contributed by atoms with van der Waals surface area (Å²) in [6, 6.07) is 17.4. The van der Waals surface area contributed by atoms with Gasteiger partial charge in [-0.3, -0.25) is 4.79 Å². The molecule has 0 bridgehead atoms. The van der Waals surface area contributed by atoms with Crippen LogP contribution in [0.2, 0.25) is 0 Å². The molecule has 0 aliphatic heterocycles. The second-order valence-electron chi connectivity index (χ2n) is 6.91. The average molecular weight is 405 g/mol. The molecule has 1 aromatic heterocycles. The molecule has 0 radical (unpaired) electrons. The number of rotatable bonds is 8. The number of carbonyl (C=O) groups is 1. The number of ether oxygens (including phenoxy) is 2. The normalized spacial score (nSPS) is 10.9. The van der Waals surface area contributed by atoms with Gasteiger partial charge in [-0.15, -0.1) is 0 Å². The maximum atomic E-state index is 12.2. The molecule has 0 aliphatic carbocycles. The fraction of sp³-hybridized carbons (Fsp3) is 0.250. The Bertz CT molecular complexity index is 1020. The lowest BCUT2D eigenvalue weighted by Gasteiger charge is -2.10. The summed E-state index contributed by atoms with van der Waals surface area (Å²) in [5.41, 5.74) is 7.63. The molecule has 0 spiro atoms. The highest BCUT2D eigenvalue weighted by Crippen LogP contribution is 2.22. The van der Waals surface area contributed by atoms with E-state index in [1.807, 2.05) is 75.4 Å². The van der Waals surface area contributed by atoms with Gasteiger partial charge in [-0.2, -0.15) is 5.10 Å². The SMILES string of the molecule is CCOc1ccc(CC(=O)N/N=C\c2cc(C)n(-c3ccc(OC)cc3)c2C)cc1. The van der Waals surface area contributed by atoms with Gasteiger partial charge in [-0.25, -0.2) is 5.43 Å². The van der Waals surface area contributed by atoms with E-state index in [0.717, 1.165) is 39.7 Å². The van der Waals surface area contributed by atoms with Gasteiger partial charge in [-0.1, -0.05) is 12.1 Å². The first-order valence-electron chi connectivity index (χ1n) is 9.88. The molecule has 6 nitrogen and oxygen atoms in total. The highest BCUT2D eigenvalue weighted by atomic mass is 16.5. The lowest BCUT2D eigenvalue weighted by molar-refractivity contribution is -0.120. The van der Waals surface area contributed by atoms with E-state index in [1.54, 1.807) is 13.3 Å². The lowest BCUT2D eigenvalue weighted by atomic mass is 10.1. The molecule has 0 saturated heterocycles. The number of hydrogen-bond acceptors (Lipinski definition) is 4. The van der Waals surface area contributed by atoms with Crippen LogP contribution < -0.4 is 14.9 Å². The highest BCUT2D eigenvalue weighted by Gasteiger charge is 2.10. The van der Waals surface area contributed by atoms with Crippen molar-refractivity contribution in [3.63, 3.8) is 0 Å². The molecule has 0 aliphatic rings. The number of amides is 1. The summed E-state index contributed by atoms with van der Waals surface area (Å²) in [7, 11) is 1.65. The zero-order valence-electron chi connectivity index (χ0n) is 17.8. The number of nitrogens with zero attached hydrogens (tertiary/aromatic N) is 2. The van der Waals surface area contributed by atoms with Gasteiger partial charge in [-0.05, 0) is 68.8 Å². The Hall–Kier alpha value is -3.54. The second kappa shape index (κ2) is 9.78. The quantitative estimate of drug-likeness (QED) is 0.451. The third-order valence-electron chi connectivity index (χ3n) is 4.79. The highest BCUT2D eigenvalue weighted by molar-refractivity contribution is 5.84. The lowest BCUT2D eigenvalue weighted by Crippen LogP contribution is -2.19. The number of hydrazone groups is 1. The molecule has 0 unspecified atom stereocenters. The Morgan fingerprint density at radius 1 is 1.07 bits per heavy atom. The monoisotopic (exact) mass is 405 g/mol. The predicted octanol–water partition coefficient (Wildman–Crippen LogP) is 4.19. The van der Waals surface area contributed by atoms with Gasteiger partial charge in [0.2, 0.25) is 5.91 Å². The van der Waals surface area contributed by atoms with E-state index in [4.69, 9.17) is 9.47 Å². The summed E-state index contributed by atoms with van der Waals surface area (Å²) in [4.78, 5) is 12.2. The molecule has 1 heterocycles. The molecule has 3 rings (SSSR count). The van der Waals surface area contributed by atoms with Crippen LogP contribution in [-0.4, -0.2) is 30.4 Å². The van der Waals surface area contributed by atoms with E-state index in [1.165, 1.54) is 0 Å². The predicted molar refractivity (Wildman–Crippen MR) is 119 cm³/mol. The number of benzene rings is 2. The van der Waals surface area contributed by atoms with Crippen LogP contribution in [0.25, 0.3) is 5.69 Å². The minimum atomic E-state index is -0.167. The van der Waals surface area contributed by atoms with Crippen LogP contribution in [0.3, 0.4) is 0 Å². The smallest absolute Gasteiger partial charge is 0.244 e. The van der Waals surface area contributed by atoms with Crippen LogP contribution in [0.15, 0.2) is 59.7 Å². The van der Waals surface area contributed by atoms with Crippen molar-refractivity contribution < 1.29 is 14.3 Å². The summed E-state index contributed by atoms with van der Waals surface area (Å²) in [6.45, 7) is 6.63. The summed E-state index contributed by atoms with van der Waals surface area (Å²) in [5, 5.41) is 4.14. The van der Waals surface area contributed by atoms with E-state index >= 15 is 0 Å². The Kier molecular flexibility index (Phi) is 6.91. The number of nitrogens with one attached hydrogen (secondary N) is 1. The number of methoxy groups -OCH3 is 1. The Labute approximate surface area is 177 Å². The van der Waals surface area contributed by atoms with E-state index in [2.05, 4.69) is 15.1 Å². The zero-order chi connectivity index (χ0) is 21.5. The fourth-order valence-electron chi connectivity index (χ4n) is 3.32. The van der Waals surface area contributed by atoms with Gasteiger partial charge < -0.3 is 14.0 Å². The standard InChI is InChI=1S/C24H27N3O3/c1-5-30-23-10-6-19(7-11-23)15-24(28)26-25-16-20-14-17(2)27(18(20)3)21-8-12-22(29-4)13-9-21/h6-14,16H,5,15H2,1-4H3,(H,26,28)/b25-16-. The molecule has 3 aromatic rings. The number of carbonyl (C=O) groups excluding carboxylic acids is 1. The van der Waals surface area contributed by atoms with Crippen molar-refractivity contribution in [2.75, 3.05) is 13.7 Å².